The Balaban J connectivity index is 1.70. The van der Waals surface area contributed by atoms with E-state index in [9.17, 15) is 18.0 Å². The van der Waals surface area contributed by atoms with Crippen molar-refractivity contribution < 1.29 is 17.9 Å². The molecule has 1 aromatic heterocycles. The predicted octanol–water partition coefficient (Wildman–Crippen LogP) is 4.24. The van der Waals surface area contributed by atoms with E-state index in [4.69, 9.17) is 0 Å². The Morgan fingerprint density at radius 1 is 1.08 bits per heavy atom. The summed E-state index contributed by atoms with van der Waals surface area (Å²) in [4.78, 5) is 17.1. The largest absolute Gasteiger partial charge is 0.573 e. The van der Waals surface area contributed by atoms with Crippen molar-refractivity contribution in [1.82, 2.24) is 9.55 Å². The van der Waals surface area contributed by atoms with E-state index in [1.165, 1.54) is 24.3 Å². The molecule has 2 aromatic carbocycles. The van der Waals surface area contributed by atoms with Gasteiger partial charge in [-0.25, -0.2) is 4.98 Å². The van der Waals surface area contributed by atoms with E-state index in [-0.39, 0.29) is 11.3 Å². The molecule has 3 aromatic rings. The number of para-hydroxylation sites is 1. The third-order valence-electron chi connectivity index (χ3n) is 4.21. The first-order valence-corrected chi connectivity index (χ1v) is 7.97. The minimum Gasteiger partial charge on any atom is -0.406 e. The van der Waals surface area contributed by atoms with Crippen LogP contribution < -0.4 is 10.3 Å². The van der Waals surface area contributed by atoms with E-state index in [0.29, 0.717) is 35.3 Å². The highest BCUT2D eigenvalue weighted by atomic mass is 19.4. The van der Waals surface area contributed by atoms with Crippen LogP contribution in [0.2, 0.25) is 0 Å². The van der Waals surface area contributed by atoms with Gasteiger partial charge in [-0.2, -0.15) is 0 Å². The maximum absolute atomic E-state index is 12.6. The van der Waals surface area contributed by atoms with Crippen LogP contribution in [-0.2, 0) is 6.54 Å². The van der Waals surface area contributed by atoms with E-state index in [2.05, 4.69) is 9.72 Å². The molecule has 1 aliphatic heterocycles. The lowest BCUT2D eigenvalue weighted by Gasteiger charge is -2.08. The van der Waals surface area contributed by atoms with Crippen LogP contribution in [0.4, 0.5) is 13.2 Å². The molecule has 0 atom stereocenters. The van der Waals surface area contributed by atoms with Gasteiger partial charge in [-0.15, -0.1) is 13.2 Å². The number of ether oxygens (including phenoxy) is 1. The van der Waals surface area contributed by atoms with Crippen molar-refractivity contribution in [3.63, 3.8) is 0 Å². The molecule has 0 aliphatic carbocycles. The highest BCUT2D eigenvalue weighted by molar-refractivity contribution is 5.84. The number of nitrogens with zero attached hydrogens (tertiary/aromatic N) is 2. The van der Waals surface area contributed by atoms with Gasteiger partial charge in [0.15, 0.2) is 0 Å². The standard InChI is InChI=1S/C19H13F3N2O2/c20-19(21,22)26-14-7-5-12(6-8-14)11-13-9-10-24-17(13)23-16-4-2-1-3-15(16)18(24)25/h1-8,11H,9-10H2/b13-11+. The lowest BCUT2D eigenvalue weighted by Crippen LogP contribution is -2.20. The summed E-state index contributed by atoms with van der Waals surface area (Å²) in [6.07, 6.45) is -2.24. The van der Waals surface area contributed by atoms with Crippen LogP contribution in [0.1, 0.15) is 17.8 Å². The molecule has 0 saturated carbocycles. The minimum atomic E-state index is -4.71. The fourth-order valence-corrected chi connectivity index (χ4v) is 3.07. The monoisotopic (exact) mass is 358 g/mol. The Labute approximate surface area is 146 Å². The van der Waals surface area contributed by atoms with Gasteiger partial charge in [0, 0.05) is 6.54 Å². The van der Waals surface area contributed by atoms with Crippen LogP contribution in [0, 0.1) is 0 Å². The Morgan fingerprint density at radius 2 is 1.81 bits per heavy atom. The first-order valence-electron chi connectivity index (χ1n) is 7.97. The molecule has 2 heterocycles. The second-order valence-corrected chi connectivity index (χ2v) is 5.95. The van der Waals surface area contributed by atoms with Crippen LogP contribution in [0.25, 0.3) is 22.6 Å². The summed E-state index contributed by atoms with van der Waals surface area (Å²) in [5.41, 5.74) is 2.14. The normalized spacial score (nSPS) is 15.4. The average Bonchev–Trinajstić information content (AvgIpc) is 2.99. The summed E-state index contributed by atoms with van der Waals surface area (Å²) in [7, 11) is 0. The maximum Gasteiger partial charge on any atom is 0.573 e. The molecular formula is C19H13F3N2O2. The zero-order valence-electron chi connectivity index (χ0n) is 13.5. The third kappa shape index (κ3) is 3.08. The summed E-state index contributed by atoms with van der Waals surface area (Å²) in [6, 6.07) is 12.8. The smallest absolute Gasteiger partial charge is 0.406 e. The molecule has 1 aliphatic rings. The number of benzene rings is 2. The second-order valence-electron chi connectivity index (χ2n) is 5.95. The minimum absolute atomic E-state index is 0.0806. The number of rotatable bonds is 2. The Kier molecular flexibility index (Phi) is 3.79. The van der Waals surface area contributed by atoms with Gasteiger partial charge in [0.2, 0.25) is 0 Å². The third-order valence-corrected chi connectivity index (χ3v) is 4.21. The van der Waals surface area contributed by atoms with Crippen LogP contribution in [0.15, 0.2) is 53.3 Å². The van der Waals surface area contributed by atoms with Gasteiger partial charge >= 0.3 is 6.36 Å². The Bertz CT molecular complexity index is 1070. The van der Waals surface area contributed by atoms with Gasteiger partial charge in [-0.05, 0) is 47.9 Å². The molecule has 132 valence electrons. The fourth-order valence-electron chi connectivity index (χ4n) is 3.07. The first kappa shape index (κ1) is 16.4. The van der Waals surface area contributed by atoms with Gasteiger partial charge in [-0.1, -0.05) is 24.3 Å². The Hall–Kier alpha value is -3.09. The number of alkyl halides is 3. The molecule has 0 spiro atoms. The van der Waals surface area contributed by atoms with Crippen molar-refractivity contribution in [1.29, 1.82) is 0 Å². The number of hydrogen-bond acceptors (Lipinski definition) is 3. The molecule has 4 nitrogen and oxygen atoms in total. The summed E-state index contributed by atoms with van der Waals surface area (Å²) in [5, 5.41) is 0.575. The van der Waals surface area contributed by atoms with E-state index >= 15 is 0 Å². The summed E-state index contributed by atoms with van der Waals surface area (Å²) in [6.45, 7) is 0.535. The van der Waals surface area contributed by atoms with Crippen molar-refractivity contribution >= 4 is 22.6 Å². The van der Waals surface area contributed by atoms with E-state index in [1.54, 1.807) is 22.8 Å². The molecule has 0 radical (unpaired) electrons. The number of aromatic nitrogens is 2. The molecule has 4 rings (SSSR count). The van der Waals surface area contributed by atoms with Crippen LogP contribution in [0.3, 0.4) is 0 Å². The Morgan fingerprint density at radius 3 is 2.54 bits per heavy atom. The van der Waals surface area contributed by atoms with E-state index in [0.717, 1.165) is 5.57 Å². The zero-order chi connectivity index (χ0) is 18.3. The average molecular weight is 358 g/mol. The summed E-state index contributed by atoms with van der Waals surface area (Å²) >= 11 is 0. The van der Waals surface area contributed by atoms with Gasteiger partial charge in [0.25, 0.3) is 5.56 Å². The van der Waals surface area contributed by atoms with Crippen LogP contribution in [0.5, 0.6) is 5.75 Å². The maximum atomic E-state index is 12.6. The molecule has 0 fully saturated rings. The number of hydrogen-bond donors (Lipinski definition) is 0. The number of fused-ring (bicyclic) bond motifs is 2. The van der Waals surface area contributed by atoms with Gasteiger partial charge in [0.05, 0.1) is 10.9 Å². The molecule has 0 amide bonds. The van der Waals surface area contributed by atoms with E-state index in [1.807, 2.05) is 12.1 Å². The SMILES string of the molecule is O=c1c2ccccc2nc2n1CC/C2=C\c1ccc(OC(F)(F)F)cc1. The molecule has 26 heavy (non-hydrogen) atoms. The fraction of sp³-hybridized carbons (Fsp3) is 0.158. The molecular weight excluding hydrogens is 345 g/mol. The van der Waals surface area contributed by atoms with Crippen molar-refractivity contribution in [3.8, 4) is 5.75 Å². The summed E-state index contributed by atoms with van der Waals surface area (Å²) in [5.74, 6) is 0.330. The van der Waals surface area contributed by atoms with Crippen molar-refractivity contribution in [2.75, 3.05) is 0 Å². The van der Waals surface area contributed by atoms with Crippen LogP contribution in [-0.4, -0.2) is 15.9 Å². The highest BCUT2D eigenvalue weighted by Gasteiger charge is 2.31. The molecule has 0 N–H and O–H groups in total. The molecule has 0 saturated heterocycles. The topological polar surface area (TPSA) is 44.1 Å². The van der Waals surface area contributed by atoms with Gasteiger partial charge in [0.1, 0.15) is 11.6 Å². The number of allylic oxidation sites excluding steroid dienone is 1. The number of halogens is 3. The quantitative estimate of drug-likeness (QED) is 0.688. The van der Waals surface area contributed by atoms with Crippen molar-refractivity contribution in [2.45, 2.75) is 19.3 Å². The zero-order valence-corrected chi connectivity index (χ0v) is 13.5. The van der Waals surface area contributed by atoms with Gasteiger partial charge < -0.3 is 4.74 Å². The lowest BCUT2D eigenvalue weighted by molar-refractivity contribution is -0.274. The highest BCUT2D eigenvalue weighted by Crippen LogP contribution is 2.28. The van der Waals surface area contributed by atoms with Gasteiger partial charge in [-0.3, -0.25) is 9.36 Å². The van der Waals surface area contributed by atoms with Crippen molar-refractivity contribution in [3.05, 3.63) is 70.3 Å². The first-order chi connectivity index (χ1) is 12.4. The van der Waals surface area contributed by atoms with Crippen LogP contribution >= 0.6 is 0 Å². The molecule has 0 unspecified atom stereocenters. The lowest BCUT2D eigenvalue weighted by atomic mass is 10.1. The predicted molar refractivity (Wildman–Crippen MR) is 91.6 cm³/mol. The summed E-state index contributed by atoms with van der Waals surface area (Å²) < 4.78 is 42.2. The van der Waals surface area contributed by atoms with E-state index < -0.39 is 6.36 Å². The molecule has 7 heteroatoms. The second kappa shape index (κ2) is 6.01. The van der Waals surface area contributed by atoms with Crippen molar-refractivity contribution in [2.24, 2.45) is 0 Å². The molecule has 0 bridgehead atoms.